The SMILES string of the molecule is O=C(COc1ccc(F)cc1CO)Nc1ccc(Cl)cc1. The van der Waals surface area contributed by atoms with E-state index in [0.717, 1.165) is 6.07 Å². The number of anilines is 1. The van der Waals surface area contributed by atoms with Gasteiger partial charge in [0.15, 0.2) is 6.61 Å². The number of ether oxygens (including phenoxy) is 1. The third-order valence-corrected chi connectivity index (χ3v) is 2.93. The third kappa shape index (κ3) is 4.44. The van der Waals surface area contributed by atoms with Crippen molar-refractivity contribution in [3.05, 3.63) is 58.9 Å². The molecule has 0 fully saturated rings. The lowest BCUT2D eigenvalue weighted by Crippen LogP contribution is -2.20. The normalized spacial score (nSPS) is 10.2. The van der Waals surface area contributed by atoms with Gasteiger partial charge in [0.1, 0.15) is 11.6 Å². The number of carbonyl (C=O) groups excluding carboxylic acids is 1. The molecule has 0 bridgehead atoms. The maximum Gasteiger partial charge on any atom is 0.262 e. The first-order chi connectivity index (χ1) is 10.1. The van der Waals surface area contributed by atoms with Crippen LogP contribution in [0.15, 0.2) is 42.5 Å². The van der Waals surface area contributed by atoms with E-state index in [2.05, 4.69) is 5.32 Å². The molecule has 0 aliphatic carbocycles. The fourth-order valence-electron chi connectivity index (χ4n) is 1.69. The van der Waals surface area contributed by atoms with E-state index in [-0.39, 0.29) is 30.4 Å². The first kappa shape index (κ1) is 15.3. The van der Waals surface area contributed by atoms with Crippen LogP contribution in [0, 0.1) is 5.82 Å². The van der Waals surface area contributed by atoms with Crippen LogP contribution < -0.4 is 10.1 Å². The molecule has 2 rings (SSSR count). The number of carbonyl (C=O) groups is 1. The lowest BCUT2D eigenvalue weighted by molar-refractivity contribution is -0.118. The van der Waals surface area contributed by atoms with Crippen molar-refractivity contribution in [3.63, 3.8) is 0 Å². The summed E-state index contributed by atoms with van der Waals surface area (Å²) in [6.07, 6.45) is 0. The lowest BCUT2D eigenvalue weighted by atomic mass is 10.2. The Morgan fingerprint density at radius 2 is 1.95 bits per heavy atom. The number of nitrogens with one attached hydrogen (secondary N) is 1. The fourth-order valence-corrected chi connectivity index (χ4v) is 1.81. The first-order valence-corrected chi connectivity index (χ1v) is 6.54. The van der Waals surface area contributed by atoms with Gasteiger partial charge in [0.2, 0.25) is 0 Å². The number of aliphatic hydroxyl groups excluding tert-OH is 1. The van der Waals surface area contributed by atoms with Gasteiger partial charge in [-0.2, -0.15) is 0 Å². The van der Waals surface area contributed by atoms with Crippen molar-refractivity contribution in [2.24, 2.45) is 0 Å². The second-order valence-corrected chi connectivity index (χ2v) is 4.69. The van der Waals surface area contributed by atoms with E-state index in [0.29, 0.717) is 10.7 Å². The van der Waals surface area contributed by atoms with Crippen molar-refractivity contribution in [3.8, 4) is 5.75 Å². The van der Waals surface area contributed by atoms with Crippen molar-refractivity contribution in [1.82, 2.24) is 0 Å². The zero-order valence-electron chi connectivity index (χ0n) is 11.0. The lowest BCUT2D eigenvalue weighted by Gasteiger charge is -2.10. The van der Waals surface area contributed by atoms with Crippen molar-refractivity contribution < 1.29 is 19.0 Å². The number of rotatable bonds is 5. The van der Waals surface area contributed by atoms with Gasteiger partial charge in [-0.3, -0.25) is 4.79 Å². The topological polar surface area (TPSA) is 58.6 Å². The zero-order chi connectivity index (χ0) is 15.2. The minimum atomic E-state index is -0.475. The summed E-state index contributed by atoms with van der Waals surface area (Å²) in [5.74, 6) is -0.576. The number of benzene rings is 2. The van der Waals surface area contributed by atoms with E-state index in [1.165, 1.54) is 12.1 Å². The Hall–Kier alpha value is -2.11. The molecule has 0 aliphatic heterocycles. The average Bonchev–Trinajstić information content (AvgIpc) is 2.48. The summed E-state index contributed by atoms with van der Waals surface area (Å²) in [5, 5.41) is 12.3. The van der Waals surface area contributed by atoms with Crippen LogP contribution in [-0.4, -0.2) is 17.6 Å². The summed E-state index contributed by atoms with van der Waals surface area (Å²) in [4.78, 5) is 11.7. The molecule has 0 aliphatic rings. The largest absolute Gasteiger partial charge is 0.483 e. The van der Waals surface area contributed by atoms with Gasteiger partial charge >= 0.3 is 0 Å². The Bertz CT molecular complexity index is 631. The maximum atomic E-state index is 13.0. The molecule has 2 aromatic rings. The van der Waals surface area contributed by atoms with Crippen LogP contribution in [0.1, 0.15) is 5.56 Å². The first-order valence-electron chi connectivity index (χ1n) is 6.16. The number of aliphatic hydroxyl groups is 1. The van der Waals surface area contributed by atoms with E-state index < -0.39 is 5.82 Å². The van der Waals surface area contributed by atoms with Crippen LogP contribution in [0.5, 0.6) is 5.75 Å². The van der Waals surface area contributed by atoms with Gasteiger partial charge in [0, 0.05) is 16.3 Å². The molecule has 1 amide bonds. The highest BCUT2D eigenvalue weighted by Crippen LogP contribution is 2.20. The highest BCUT2D eigenvalue weighted by molar-refractivity contribution is 6.30. The molecule has 0 saturated carbocycles. The summed E-state index contributed by atoms with van der Waals surface area (Å²) in [6.45, 7) is -0.618. The molecule has 0 atom stereocenters. The molecule has 0 radical (unpaired) electrons. The van der Waals surface area contributed by atoms with Gasteiger partial charge in [0.25, 0.3) is 5.91 Å². The monoisotopic (exact) mass is 309 g/mol. The quantitative estimate of drug-likeness (QED) is 0.892. The molecule has 2 aromatic carbocycles. The van der Waals surface area contributed by atoms with Crippen molar-refractivity contribution in [1.29, 1.82) is 0 Å². The molecule has 21 heavy (non-hydrogen) atoms. The number of amides is 1. The second-order valence-electron chi connectivity index (χ2n) is 4.25. The van der Waals surface area contributed by atoms with Crippen molar-refractivity contribution in [2.45, 2.75) is 6.61 Å². The maximum absolute atomic E-state index is 13.0. The summed E-state index contributed by atoms with van der Waals surface area (Å²) < 4.78 is 18.3. The van der Waals surface area contributed by atoms with Crippen LogP contribution in [0.2, 0.25) is 5.02 Å². The van der Waals surface area contributed by atoms with Gasteiger partial charge in [-0.05, 0) is 42.5 Å². The van der Waals surface area contributed by atoms with Crippen LogP contribution in [0.4, 0.5) is 10.1 Å². The summed E-state index contributed by atoms with van der Waals surface area (Å²) in [7, 11) is 0. The Labute approximate surface area is 126 Å². The third-order valence-electron chi connectivity index (χ3n) is 2.68. The highest BCUT2D eigenvalue weighted by Gasteiger charge is 2.08. The van der Waals surface area contributed by atoms with Gasteiger partial charge < -0.3 is 15.2 Å². The Morgan fingerprint density at radius 3 is 2.62 bits per heavy atom. The molecule has 0 saturated heterocycles. The molecular weight excluding hydrogens is 297 g/mol. The Kier molecular flexibility index (Phi) is 5.14. The molecule has 6 heteroatoms. The van der Waals surface area contributed by atoms with E-state index in [1.807, 2.05) is 0 Å². The average molecular weight is 310 g/mol. The van der Waals surface area contributed by atoms with Gasteiger partial charge in [0.05, 0.1) is 6.61 Å². The standard InChI is InChI=1S/C15H13ClFNO3/c16-11-1-4-13(5-2-11)18-15(20)9-21-14-6-3-12(17)7-10(14)8-19/h1-7,19H,8-9H2,(H,18,20). The second kappa shape index (κ2) is 7.06. The van der Waals surface area contributed by atoms with Gasteiger partial charge in [-0.25, -0.2) is 4.39 Å². The number of hydrogen-bond acceptors (Lipinski definition) is 3. The van der Waals surface area contributed by atoms with E-state index in [4.69, 9.17) is 21.4 Å². The summed E-state index contributed by atoms with van der Waals surface area (Å²) >= 11 is 5.74. The molecular formula is C15H13ClFNO3. The van der Waals surface area contributed by atoms with Gasteiger partial charge in [-0.1, -0.05) is 11.6 Å². The Morgan fingerprint density at radius 1 is 1.24 bits per heavy atom. The predicted molar refractivity (Wildman–Crippen MR) is 77.9 cm³/mol. The number of hydrogen-bond donors (Lipinski definition) is 2. The van der Waals surface area contributed by atoms with E-state index >= 15 is 0 Å². The molecule has 4 nitrogen and oxygen atoms in total. The minimum Gasteiger partial charge on any atom is -0.483 e. The molecule has 110 valence electrons. The summed E-state index contributed by atoms with van der Waals surface area (Å²) in [6, 6.07) is 10.4. The van der Waals surface area contributed by atoms with E-state index in [9.17, 15) is 9.18 Å². The van der Waals surface area contributed by atoms with Crippen molar-refractivity contribution in [2.75, 3.05) is 11.9 Å². The van der Waals surface area contributed by atoms with Crippen LogP contribution in [0.25, 0.3) is 0 Å². The van der Waals surface area contributed by atoms with Gasteiger partial charge in [-0.15, -0.1) is 0 Å². The zero-order valence-corrected chi connectivity index (χ0v) is 11.7. The van der Waals surface area contributed by atoms with Crippen molar-refractivity contribution >= 4 is 23.2 Å². The predicted octanol–water partition coefficient (Wildman–Crippen LogP) is 2.99. The van der Waals surface area contributed by atoms with Crippen LogP contribution in [0.3, 0.4) is 0 Å². The molecule has 0 spiro atoms. The molecule has 0 unspecified atom stereocenters. The van der Waals surface area contributed by atoms with Crippen LogP contribution in [-0.2, 0) is 11.4 Å². The minimum absolute atomic E-state index is 0.249. The highest BCUT2D eigenvalue weighted by atomic mass is 35.5. The fraction of sp³-hybridized carbons (Fsp3) is 0.133. The van der Waals surface area contributed by atoms with E-state index in [1.54, 1.807) is 24.3 Å². The summed E-state index contributed by atoms with van der Waals surface area (Å²) in [5.41, 5.74) is 0.879. The molecule has 0 aromatic heterocycles. The molecule has 0 heterocycles. The number of halogens is 2. The molecule has 2 N–H and O–H groups in total. The van der Waals surface area contributed by atoms with Crippen LogP contribution >= 0.6 is 11.6 Å². The Balaban J connectivity index is 1.93. The smallest absolute Gasteiger partial charge is 0.262 e.